The van der Waals surface area contributed by atoms with Gasteiger partial charge in [0.25, 0.3) is 0 Å². The molecule has 0 bridgehead atoms. The minimum Gasteiger partial charge on any atom is -0.310 e. The number of benzene rings is 1. The second kappa shape index (κ2) is 6.51. The van der Waals surface area contributed by atoms with Gasteiger partial charge in [0.05, 0.1) is 11.5 Å². The Morgan fingerprint density at radius 2 is 2.06 bits per heavy atom. The van der Waals surface area contributed by atoms with Crippen molar-refractivity contribution < 1.29 is 4.39 Å². The fourth-order valence-electron chi connectivity index (χ4n) is 1.84. The lowest BCUT2D eigenvalue weighted by Gasteiger charge is -2.18. The van der Waals surface area contributed by atoms with Crippen molar-refractivity contribution in [2.45, 2.75) is 39.7 Å². The van der Waals surface area contributed by atoms with Crippen molar-refractivity contribution in [2.24, 2.45) is 5.41 Å². The molecule has 1 atom stereocenters. The van der Waals surface area contributed by atoms with Gasteiger partial charge in [0.1, 0.15) is 5.82 Å². The molecule has 0 aliphatic heterocycles. The van der Waals surface area contributed by atoms with Crippen molar-refractivity contribution in [1.82, 2.24) is 5.32 Å². The quantitative estimate of drug-likeness (QED) is 0.777. The summed E-state index contributed by atoms with van der Waals surface area (Å²) in [6.07, 6.45) is 1.76. The van der Waals surface area contributed by atoms with E-state index in [1.807, 2.05) is 26.8 Å². The third kappa shape index (κ3) is 4.46. The van der Waals surface area contributed by atoms with Gasteiger partial charge in [-0.25, -0.2) is 4.39 Å². The molecule has 0 fully saturated rings. The van der Waals surface area contributed by atoms with Crippen molar-refractivity contribution in [3.8, 4) is 6.07 Å². The maximum absolute atomic E-state index is 13.5. The molecule has 18 heavy (non-hydrogen) atoms. The first-order valence-corrected chi connectivity index (χ1v) is 6.35. The standard InChI is InChI=1S/C15H21FN2/c1-12(13-7-4-5-8-14(13)16)18-10-6-9-15(2,3)11-17/h4-5,7-8,12,18H,6,9-10H2,1-3H3/t12-/m1/s1. The van der Waals surface area contributed by atoms with Gasteiger partial charge in [0.2, 0.25) is 0 Å². The predicted molar refractivity (Wildman–Crippen MR) is 71.4 cm³/mol. The van der Waals surface area contributed by atoms with E-state index in [0.29, 0.717) is 5.56 Å². The average molecular weight is 248 g/mol. The maximum Gasteiger partial charge on any atom is 0.127 e. The third-order valence-corrected chi connectivity index (χ3v) is 3.10. The van der Waals surface area contributed by atoms with Gasteiger partial charge in [-0.15, -0.1) is 0 Å². The second-order valence-corrected chi connectivity index (χ2v) is 5.30. The normalized spacial score (nSPS) is 13.1. The molecule has 0 saturated heterocycles. The van der Waals surface area contributed by atoms with E-state index in [9.17, 15) is 4.39 Å². The molecule has 1 rings (SSSR count). The van der Waals surface area contributed by atoms with Crippen LogP contribution in [0.5, 0.6) is 0 Å². The first-order valence-electron chi connectivity index (χ1n) is 6.35. The van der Waals surface area contributed by atoms with Gasteiger partial charge in [-0.1, -0.05) is 18.2 Å². The van der Waals surface area contributed by atoms with E-state index in [2.05, 4.69) is 11.4 Å². The first-order chi connectivity index (χ1) is 8.46. The molecule has 0 unspecified atom stereocenters. The van der Waals surface area contributed by atoms with Gasteiger partial charge in [-0.3, -0.25) is 0 Å². The number of nitrogens with one attached hydrogen (secondary N) is 1. The predicted octanol–water partition coefficient (Wildman–Crippen LogP) is 3.81. The minimum absolute atomic E-state index is 0.00334. The molecule has 0 radical (unpaired) electrons. The Morgan fingerprint density at radius 1 is 1.39 bits per heavy atom. The molecule has 1 aromatic rings. The fraction of sp³-hybridized carbons (Fsp3) is 0.533. The Labute approximate surface area is 109 Å². The van der Waals surface area contributed by atoms with E-state index < -0.39 is 0 Å². The summed E-state index contributed by atoms with van der Waals surface area (Å²) in [5, 5.41) is 12.2. The minimum atomic E-state index is -0.275. The number of hydrogen-bond acceptors (Lipinski definition) is 2. The zero-order valence-electron chi connectivity index (χ0n) is 11.3. The second-order valence-electron chi connectivity index (χ2n) is 5.30. The lowest BCUT2D eigenvalue weighted by Crippen LogP contribution is -2.22. The zero-order valence-corrected chi connectivity index (χ0v) is 11.3. The molecule has 0 aromatic heterocycles. The topological polar surface area (TPSA) is 35.8 Å². The number of hydrogen-bond donors (Lipinski definition) is 1. The molecule has 0 heterocycles. The van der Waals surface area contributed by atoms with E-state index in [4.69, 9.17) is 5.26 Å². The Morgan fingerprint density at radius 3 is 2.67 bits per heavy atom. The highest BCUT2D eigenvalue weighted by Crippen LogP contribution is 2.21. The SMILES string of the molecule is C[C@@H](NCCCC(C)(C)C#N)c1ccccc1F. The van der Waals surface area contributed by atoms with Crippen LogP contribution in [0.1, 0.15) is 45.2 Å². The van der Waals surface area contributed by atoms with Crippen LogP contribution in [0.2, 0.25) is 0 Å². The summed E-state index contributed by atoms with van der Waals surface area (Å²) in [6.45, 7) is 6.62. The summed E-state index contributed by atoms with van der Waals surface area (Å²) in [5.41, 5.74) is 0.417. The number of rotatable bonds is 6. The van der Waals surface area contributed by atoms with E-state index in [1.54, 1.807) is 12.1 Å². The smallest absolute Gasteiger partial charge is 0.127 e. The van der Waals surface area contributed by atoms with E-state index in [0.717, 1.165) is 19.4 Å². The van der Waals surface area contributed by atoms with Crippen LogP contribution < -0.4 is 5.32 Å². The third-order valence-electron chi connectivity index (χ3n) is 3.10. The molecule has 0 aliphatic rings. The maximum atomic E-state index is 13.5. The molecule has 98 valence electrons. The molecule has 0 amide bonds. The van der Waals surface area contributed by atoms with Crippen LogP contribution >= 0.6 is 0 Å². The van der Waals surface area contributed by atoms with Crippen LogP contribution in [0, 0.1) is 22.6 Å². The van der Waals surface area contributed by atoms with E-state index in [1.165, 1.54) is 6.07 Å². The highest BCUT2D eigenvalue weighted by Gasteiger charge is 2.16. The van der Waals surface area contributed by atoms with E-state index >= 15 is 0 Å². The largest absolute Gasteiger partial charge is 0.310 e. The highest BCUT2D eigenvalue weighted by molar-refractivity contribution is 5.20. The zero-order chi connectivity index (χ0) is 13.6. The van der Waals surface area contributed by atoms with Crippen LogP contribution in [-0.4, -0.2) is 6.54 Å². The first kappa shape index (κ1) is 14.7. The summed E-state index contributed by atoms with van der Waals surface area (Å²) in [5.74, 6) is -0.171. The van der Waals surface area contributed by atoms with Crippen LogP contribution in [0.25, 0.3) is 0 Å². The Balaban J connectivity index is 2.37. The van der Waals surface area contributed by atoms with Crippen molar-refractivity contribution >= 4 is 0 Å². The number of nitriles is 1. The highest BCUT2D eigenvalue weighted by atomic mass is 19.1. The van der Waals surface area contributed by atoms with Gasteiger partial charge in [-0.05, 0) is 46.2 Å². The van der Waals surface area contributed by atoms with E-state index in [-0.39, 0.29) is 17.3 Å². The summed E-state index contributed by atoms with van der Waals surface area (Å²) in [6, 6.07) is 9.09. The molecule has 1 N–H and O–H groups in total. The average Bonchev–Trinajstić information content (AvgIpc) is 2.35. The summed E-state index contributed by atoms with van der Waals surface area (Å²) >= 11 is 0. The molecule has 3 heteroatoms. The van der Waals surface area contributed by atoms with Crippen molar-refractivity contribution in [3.05, 3.63) is 35.6 Å². The van der Waals surface area contributed by atoms with Crippen molar-refractivity contribution in [3.63, 3.8) is 0 Å². The van der Waals surface area contributed by atoms with Gasteiger partial charge in [0.15, 0.2) is 0 Å². The van der Waals surface area contributed by atoms with Crippen LogP contribution in [-0.2, 0) is 0 Å². The van der Waals surface area contributed by atoms with Crippen molar-refractivity contribution in [2.75, 3.05) is 6.54 Å². The van der Waals surface area contributed by atoms with Crippen LogP contribution in [0.4, 0.5) is 4.39 Å². The Hall–Kier alpha value is -1.40. The molecule has 0 spiro atoms. The van der Waals surface area contributed by atoms with Crippen LogP contribution in [0.3, 0.4) is 0 Å². The lowest BCUT2D eigenvalue weighted by molar-refractivity contribution is 0.415. The monoisotopic (exact) mass is 248 g/mol. The van der Waals surface area contributed by atoms with Gasteiger partial charge < -0.3 is 5.32 Å². The molecular formula is C15H21FN2. The molecule has 0 aliphatic carbocycles. The van der Waals surface area contributed by atoms with Gasteiger partial charge in [-0.2, -0.15) is 5.26 Å². The van der Waals surface area contributed by atoms with Crippen molar-refractivity contribution in [1.29, 1.82) is 5.26 Å². The van der Waals surface area contributed by atoms with Crippen LogP contribution in [0.15, 0.2) is 24.3 Å². The molecule has 1 aromatic carbocycles. The number of nitrogens with zero attached hydrogens (tertiary/aromatic N) is 1. The number of halogens is 1. The molecule has 0 saturated carbocycles. The van der Waals surface area contributed by atoms with Gasteiger partial charge in [0, 0.05) is 11.6 Å². The summed E-state index contributed by atoms with van der Waals surface area (Å²) in [4.78, 5) is 0. The molecular weight excluding hydrogens is 227 g/mol. The summed E-state index contributed by atoms with van der Waals surface area (Å²) < 4.78 is 13.5. The Kier molecular flexibility index (Phi) is 5.30. The lowest BCUT2D eigenvalue weighted by atomic mass is 9.90. The fourth-order valence-corrected chi connectivity index (χ4v) is 1.84. The summed E-state index contributed by atoms with van der Waals surface area (Å²) in [7, 11) is 0. The van der Waals surface area contributed by atoms with Gasteiger partial charge >= 0.3 is 0 Å². The molecule has 2 nitrogen and oxygen atoms in total. The Bertz CT molecular complexity index is 421.